The van der Waals surface area contributed by atoms with Crippen LogP contribution in [-0.2, 0) is 0 Å². The van der Waals surface area contributed by atoms with Gasteiger partial charge in [0.15, 0.2) is 11.6 Å². The molecule has 1 heterocycles. The van der Waals surface area contributed by atoms with E-state index in [0.717, 1.165) is 6.07 Å². The molecule has 0 N–H and O–H groups in total. The lowest BCUT2D eigenvalue weighted by Crippen LogP contribution is -1.98. The average Bonchev–Trinajstić information content (AvgIpc) is 2.31. The highest BCUT2D eigenvalue weighted by Crippen LogP contribution is 2.30. The van der Waals surface area contributed by atoms with Crippen molar-refractivity contribution in [1.82, 2.24) is 9.97 Å². The van der Waals surface area contributed by atoms with Crippen molar-refractivity contribution in [1.29, 1.82) is 0 Å². The monoisotopic (exact) mass is 297 g/mol. The third kappa shape index (κ3) is 3.00. The van der Waals surface area contributed by atoms with E-state index in [1.54, 1.807) is 6.92 Å². The third-order valence-corrected chi connectivity index (χ3v) is 2.63. The maximum absolute atomic E-state index is 13.8. The Labute approximate surface area is 118 Å². The standard InChI is InChI=1S/C12H9ClFN3O3/c1-6-3-10(8(14)5-9(6)17(18)19)20-11-4-7(2)15-12(13)16-11/h3-5H,1-2H3. The number of nitro groups is 1. The van der Waals surface area contributed by atoms with E-state index in [0.29, 0.717) is 5.69 Å². The lowest BCUT2D eigenvalue weighted by molar-refractivity contribution is -0.385. The summed E-state index contributed by atoms with van der Waals surface area (Å²) in [5.74, 6) is -0.952. The maximum Gasteiger partial charge on any atom is 0.275 e. The minimum absolute atomic E-state index is 0.0287. The summed E-state index contributed by atoms with van der Waals surface area (Å²) in [6.07, 6.45) is 0. The van der Waals surface area contributed by atoms with E-state index in [4.69, 9.17) is 16.3 Å². The molecule has 6 nitrogen and oxygen atoms in total. The molecule has 2 rings (SSSR count). The number of nitrogens with zero attached hydrogens (tertiary/aromatic N) is 3. The number of nitro benzene ring substituents is 1. The summed E-state index contributed by atoms with van der Waals surface area (Å²) in [4.78, 5) is 17.7. The Morgan fingerprint density at radius 1 is 1.30 bits per heavy atom. The van der Waals surface area contributed by atoms with Crippen molar-refractivity contribution in [3.05, 3.63) is 50.7 Å². The van der Waals surface area contributed by atoms with Gasteiger partial charge in [-0.25, -0.2) is 9.37 Å². The number of aryl methyl sites for hydroxylation is 2. The fourth-order valence-electron chi connectivity index (χ4n) is 1.59. The zero-order valence-electron chi connectivity index (χ0n) is 10.6. The molecule has 1 aromatic carbocycles. The van der Waals surface area contributed by atoms with Crippen LogP contribution in [-0.4, -0.2) is 14.9 Å². The second-order valence-corrected chi connectivity index (χ2v) is 4.38. The number of hydrogen-bond donors (Lipinski definition) is 0. The van der Waals surface area contributed by atoms with Crippen molar-refractivity contribution in [2.24, 2.45) is 0 Å². The molecule has 0 saturated carbocycles. The Hall–Kier alpha value is -2.28. The first-order valence-corrected chi connectivity index (χ1v) is 5.88. The molecular weight excluding hydrogens is 289 g/mol. The summed E-state index contributed by atoms with van der Waals surface area (Å²) in [7, 11) is 0. The van der Waals surface area contributed by atoms with Gasteiger partial charge in [-0.15, -0.1) is 0 Å². The zero-order chi connectivity index (χ0) is 14.9. The number of hydrogen-bond acceptors (Lipinski definition) is 5. The van der Waals surface area contributed by atoms with Crippen molar-refractivity contribution >= 4 is 17.3 Å². The van der Waals surface area contributed by atoms with Gasteiger partial charge < -0.3 is 4.74 Å². The van der Waals surface area contributed by atoms with Gasteiger partial charge in [0.1, 0.15) is 0 Å². The van der Waals surface area contributed by atoms with Crippen molar-refractivity contribution in [3.8, 4) is 11.6 Å². The molecule has 0 aliphatic rings. The van der Waals surface area contributed by atoms with Crippen LogP contribution in [0.3, 0.4) is 0 Å². The van der Waals surface area contributed by atoms with E-state index in [1.807, 2.05) is 0 Å². The molecule has 0 aliphatic heterocycles. The molecule has 0 saturated heterocycles. The molecule has 0 radical (unpaired) electrons. The van der Waals surface area contributed by atoms with Gasteiger partial charge in [0.25, 0.3) is 5.69 Å². The topological polar surface area (TPSA) is 78.2 Å². The molecule has 0 bridgehead atoms. The van der Waals surface area contributed by atoms with Gasteiger partial charge in [-0.3, -0.25) is 10.1 Å². The first kappa shape index (κ1) is 14.1. The first-order valence-electron chi connectivity index (χ1n) is 5.50. The van der Waals surface area contributed by atoms with Crippen LogP contribution in [0.2, 0.25) is 5.28 Å². The summed E-state index contributed by atoms with van der Waals surface area (Å²) in [5.41, 5.74) is 0.522. The predicted octanol–water partition coefficient (Wildman–Crippen LogP) is 3.59. The number of ether oxygens (including phenoxy) is 1. The fourth-order valence-corrected chi connectivity index (χ4v) is 1.81. The molecule has 2 aromatic rings. The molecule has 1 aromatic heterocycles. The summed E-state index contributed by atoms with van der Waals surface area (Å²) < 4.78 is 19.0. The summed E-state index contributed by atoms with van der Waals surface area (Å²) in [6.45, 7) is 3.17. The van der Waals surface area contributed by atoms with E-state index in [-0.39, 0.29) is 28.2 Å². The molecule has 0 spiro atoms. The zero-order valence-corrected chi connectivity index (χ0v) is 11.3. The second-order valence-electron chi connectivity index (χ2n) is 4.04. The summed E-state index contributed by atoms with van der Waals surface area (Å²) in [5, 5.41) is 10.7. The van der Waals surface area contributed by atoms with Gasteiger partial charge in [0.05, 0.1) is 11.0 Å². The van der Waals surface area contributed by atoms with Crippen LogP contribution in [0.5, 0.6) is 11.6 Å². The lowest BCUT2D eigenvalue weighted by Gasteiger charge is -2.08. The largest absolute Gasteiger partial charge is 0.436 e. The molecule has 0 unspecified atom stereocenters. The maximum atomic E-state index is 13.8. The Bertz CT molecular complexity index is 674. The van der Waals surface area contributed by atoms with Crippen molar-refractivity contribution in [2.45, 2.75) is 13.8 Å². The van der Waals surface area contributed by atoms with Crippen LogP contribution < -0.4 is 4.74 Å². The van der Waals surface area contributed by atoms with Crippen LogP contribution in [0.1, 0.15) is 11.3 Å². The number of benzene rings is 1. The molecule has 0 amide bonds. The Balaban J connectivity index is 2.39. The highest BCUT2D eigenvalue weighted by molar-refractivity contribution is 6.28. The van der Waals surface area contributed by atoms with Crippen LogP contribution in [0.15, 0.2) is 18.2 Å². The third-order valence-electron chi connectivity index (χ3n) is 2.47. The average molecular weight is 298 g/mol. The molecule has 20 heavy (non-hydrogen) atoms. The number of aromatic nitrogens is 2. The van der Waals surface area contributed by atoms with Gasteiger partial charge >= 0.3 is 0 Å². The quantitative estimate of drug-likeness (QED) is 0.491. The lowest BCUT2D eigenvalue weighted by atomic mass is 10.2. The number of halogens is 2. The molecular formula is C12H9ClFN3O3. The number of rotatable bonds is 3. The Morgan fingerprint density at radius 3 is 2.60 bits per heavy atom. The van der Waals surface area contributed by atoms with Gasteiger partial charge in [-0.05, 0) is 31.5 Å². The van der Waals surface area contributed by atoms with Crippen LogP contribution in [0.25, 0.3) is 0 Å². The van der Waals surface area contributed by atoms with E-state index < -0.39 is 10.7 Å². The van der Waals surface area contributed by atoms with Crippen molar-refractivity contribution < 1.29 is 14.1 Å². The fraction of sp³-hybridized carbons (Fsp3) is 0.167. The van der Waals surface area contributed by atoms with Crippen molar-refractivity contribution in [2.75, 3.05) is 0 Å². The first-order chi connectivity index (χ1) is 9.36. The van der Waals surface area contributed by atoms with Crippen molar-refractivity contribution in [3.63, 3.8) is 0 Å². The smallest absolute Gasteiger partial charge is 0.275 e. The molecule has 0 fully saturated rings. The molecule has 8 heteroatoms. The molecule has 0 atom stereocenters. The Morgan fingerprint density at radius 2 is 2.00 bits per heavy atom. The van der Waals surface area contributed by atoms with Gasteiger partial charge in [0, 0.05) is 17.3 Å². The van der Waals surface area contributed by atoms with Crippen LogP contribution >= 0.6 is 11.6 Å². The van der Waals surface area contributed by atoms with Crippen LogP contribution in [0.4, 0.5) is 10.1 Å². The SMILES string of the molecule is Cc1cc(Oc2cc(C)c([N+](=O)[O-])cc2F)nc(Cl)n1. The van der Waals surface area contributed by atoms with Crippen LogP contribution in [0, 0.1) is 29.8 Å². The van der Waals surface area contributed by atoms with E-state index in [1.165, 1.54) is 19.1 Å². The Kier molecular flexibility index (Phi) is 3.80. The van der Waals surface area contributed by atoms with Gasteiger partial charge in [-0.1, -0.05) is 0 Å². The normalized spacial score (nSPS) is 10.4. The van der Waals surface area contributed by atoms with E-state index in [9.17, 15) is 14.5 Å². The molecule has 104 valence electrons. The highest BCUT2D eigenvalue weighted by atomic mass is 35.5. The second kappa shape index (κ2) is 5.38. The predicted molar refractivity (Wildman–Crippen MR) is 69.6 cm³/mol. The minimum Gasteiger partial charge on any atom is -0.436 e. The minimum atomic E-state index is -0.852. The molecule has 0 aliphatic carbocycles. The van der Waals surface area contributed by atoms with Gasteiger partial charge in [-0.2, -0.15) is 4.98 Å². The van der Waals surface area contributed by atoms with E-state index >= 15 is 0 Å². The van der Waals surface area contributed by atoms with Gasteiger partial charge in [0.2, 0.25) is 11.2 Å². The summed E-state index contributed by atoms with van der Waals surface area (Å²) >= 11 is 5.67. The summed E-state index contributed by atoms with van der Waals surface area (Å²) in [6, 6.07) is 3.52. The van der Waals surface area contributed by atoms with E-state index in [2.05, 4.69) is 9.97 Å². The highest BCUT2D eigenvalue weighted by Gasteiger charge is 2.17.